The number of aryl methyl sites for hydroxylation is 2. The van der Waals surface area contributed by atoms with Crippen molar-refractivity contribution >= 4 is 52.1 Å². The summed E-state index contributed by atoms with van der Waals surface area (Å²) in [6.07, 6.45) is 0. The van der Waals surface area contributed by atoms with E-state index in [4.69, 9.17) is 17.3 Å². The number of nitrogen functional groups attached to an aromatic ring is 1. The summed E-state index contributed by atoms with van der Waals surface area (Å²) in [6.45, 7) is 3.95. The molecule has 1 aromatic heterocycles. The molecular formula is C19H18ClN3OS2. The Kier molecular flexibility index (Phi) is 5.86. The van der Waals surface area contributed by atoms with E-state index in [1.165, 1.54) is 22.5 Å². The average molecular weight is 404 g/mol. The lowest BCUT2D eigenvalue weighted by molar-refractivity contribution is 0.103. The number of halogens is 1. The fourth-order valence-corrected chi connectivity index (χ4v) is 4.52. The minimum absolute atomic E-state index is 0.239. The smallest absolute Gasteiger partial charge is 0.269 e. The van der Waals surface area contributed by atoms with Crippen LogP contribution in [-0.4, -0.2) is 10.9 Å². The van der Waals surface area contributed by atoms with Crippen LogP contribution in [0.1, 0.15) is 26.4 Å². The predicted molar refractivity (Wildman–Crippen MR) is 111 cm³/mol. The molecule has 134 valence electrons. The third-order valence-corrected chi connectivity index (χ3v) is 6.38. The van der Waals surface area contributed by atoms with Crippen molar-refractivity contribution in [1.82, 2.24) is 4.98 Å². The zero-order valence-corrected chi connectivity index (χ0v) is 16.8. The zero-order valence-electron chi connectivity index (χ0n) is 14.4. The van der Waals surface area contributed by atoms with E-state index in [1.807, 2.05) is 19.1 Å². The Morgan fingerprint density at radius 3 is 2.65 bits per heavy atom. The topological polar surface area (TPSA) is 68.0 Å². The Morgan fingerprint density at radius 2 is 1.96 bits per heavy atom. The van der Waals surface area contributed by atoms with Crippen molar-refractivity contribution in [3.8, 4) is 0 Å². The Balaban J connectivity index is 1.71. The second-order valence-electron chi connectivity index (χ2n) is 5.85. The molecule has 2 aromatic carbocycles. The molecule has 7 heteroatoms. The number of aromatic nitrogens is 1. The number of rotatable bonds is 5. The second-order valence-corrected chi connectivity index (χ2v) is 8.48. The molecule has 0 aliphatic heterocycles. The normalized spacial score (nSPS) is 10.7. The van der Waals surface area contributed by atoms with Crippen molar-refractivity contribution in [2.75, 3.05) is 11.1 Å². The van der Waals surface area contributed by atoms with Crippen LogP contribution in [0.15, 0.2) is 46.8 Å². The van der Waals surface area contributed by atoms with E-state index < -0.39 is 0 Å². The summed E-state index contributed by atoms with van der Waals surface area (Å²) in [5.74, 6) is 0.722. The molecule has 0 spiro atoms. The number of nitrogens with zero attached hydrogens (tertiary/aromatic N) is 1. The van der Waals surface area contributed by atoms with Crippen LogP contribution < -0.4 is 11.1 Å². The van der Waals surface area contributed by atoms with Gasteiger partial charge in [-0.05, 0) is 31.0 Å². The lowest BCUT2D eigenvalue weighted by Crippen LogP contribution is -2.13. The number of hydrogen-bond donors (Lipinski definition) is 2. The van der Waals surface area contributed by atoms with Gasteiger partial charge in [0.2, 0.25) is 0 Å². The summed E-state index contributed by atoms with van der Waals surface area (Å²) in [5, 5.41) is 3.33. The number of carbonyl (C=O) groups excluding carboxylic acids is 1. The maximum atomic E-state index is 12.6. The van der Waals surface area contributed by atoms with E-state index in [0.717, 1.165) is 15.7 Å². The van der Waals surface area contributed by atoms with E-state index in [9.17, 15) is 4.79 Å². The lowest BCUT2D eigenvalue weighted by atomic mass is 10.2. The maximum Gasteiger partial charge on any atom is 0.269 e. The highest BCUT2D eigenvalue weighted by Crippen LogP contribution is 2.33. The molecule has 0 aliphatic rings. The number of benzene rings is 2. The molecule has 0 radical (unpaired) electrons. The van der Waals surface area contributed by atoms with Gasteiger partial charge in [0.05, 0.1) is 10.7 Å². The van der Waals surface area contributed by atoms with Crippen molar-refractivity contribution in [2.24, 2.45) is 0 Å². The first-order valence-electron chi connectivity index (χ1n) is 7.95. The number of thioether (sulfide) groups is 1. The molecule has 1 amide bonds. The second kappa shape index (κ2) is 8.12. The molecule has 26 heavy (non-hydrogen) atoms. The van der Waals surface area contributed by atoms with Gasteiger partial charge in [0.25, 0.3) is 5.91 Å². The van der Waals surface area contributed by atoms with Gasteiger partial charge in [0, 0.05) is 5.75 Å². The molecule has 0 saturated carbocycles. The summed E-state index contributed by atoms with van der Waals surface area (Å²) in [4.78, 5) is 17.3. The van der Waals surface area contributed by atoms with Crippen molar-refractivity contribution in [2.45, 2.75) is 23.9 Å². The third-order valence-electron chi connectivity index (χ3n) is 3.78. The molecule has 0 aliphatic carbocycles. The first-order valence-corrected chi connectivity index (χ1v) is 10.1. The first kappa shape index (κ1) is 18.8. The molecule has 0 unspecified atom stereocenters. The fourth-order valence-electron chi connectivity index (χ4n) is 2.33. The zero-order chi connectivity index (χ0) is 18.7. The maximum absolute atomic E-state index is 12.6. The van der Waals surface area contributed by atoms with Crippen molar-refractivity contribution in [1.29, 1.82) is 0 Å². The molecule has 3 rings (SSSR count). The number of nitrogens with one attached hydrogen (secondary N) is 1. The lowest BCUT2D eigenvalue weighted by Gasteiger charge is -2.09. The van der Waals surface area contributed by atoms with E-state index in [-0.39, 0.29) is 11.7 Å². The van der Waals surface area contributed by atoms with E-state index in [0.29, 0.717) is 15.6 Å². The van der Waals surface area contributed by atoms with E-state index >= 15 is 0 Å². The summed E-state index contributed by atoms with van der Waals surface area (Å²) in [6, 6.07) is 13.8. The molecule has 3 aromatic rings. The predicted octanol–water partition coefficient (Wildman–Crippen LogP) is 5.54. The van der Waals surface area contributed by atoms with Crippen LogP contribution in [0.4, 0.5) is 11.5 Å². The molecule has 0 saturated heterocycles. The number of anilines is 2. The van der Waals surface area contributed by atoms with Gasteiger partial charge in [-0.3, -0.25) is 4.79 Å². The van der Waals surface area contributed by atoms with Crippen molar-refractivity contribution in [3.63, 3.8) is 0 Å². The first-order chi connectivity index (χ1) is 12.4. The highest BCUT2D eigenvalue weighted by molar-refractivity contribution is 8.00. The Bertz CT molecular complexity index is 918. The van der Waals surface area contributed by atoms with Gasteiger partial charge in [-0.25, -0.2) is 4.98 Å². The van der Waals surface area contributed by atoms with Crippen LogP contribution >= 0.6 is 34.7 Å². The Hall–Kier alpha value is -2.02. The number of hydrogen-bond acceptors (Lipinski definition) is 5. The number of carbonyl (C=O) groups is 1. The van der Waals surface area contributed by atoms with Crippen LogP contribution in [0.2, 0.25) is 5.02 Å². The van der Waals surface area contributed by atoms with Crippen molar-refractivity contribution in [3.05, 3.63) is 69.1 Å². The van der Waals surface area contributed by atoms with Crippen molar-refractivity contribution < 1.29 is 4.79 Å². The van der Waals surface area contributed by atoms with Gasteiger partial charge < -0.3 is 11.1 Å². The summed E-state index contributed by atoms with van der Waals surface area (Å²) < 4.78 is 0.768. The molecule has 0 atom stereocenters. The number of amides is 1. The fraction of sp³-hybridized carbons (Fsp3) is 0.158. The molecular weight excluding hydrogens is 386 g/mol. The van der Waals surface area contributed by atoms with Gasteiger partial charge in [-0.2, -0.15) is 0 Å². The van der Waals surface area contributed by atoms with Gasteiger partial charge in [-0.1, -0.05) is 65.3 Å². The molecule has 1 heterocycles. The van der Waals surface area contributed by atoms with Gasteiger partial charge in [0.15, 0.2) is 4.34 Å². The minimum Gasteiger partial charge on any atom is -0.382 e. The van der Waals surface area contributed by atoms with Gasteiger partial charge >= 0.3 is 0 Å². The van der Waals surface area contributed by atoms with Gasteiger partial charge in [0.1, 0.15) is 10.7 Å². The minimum atomic E-state index is -0.293. The summed E-state index contributed by atoms with van der Waals surface area (Å²) in [7, 11) is 0. The average Bonchev–Trinajstić information content (AvgIpc) is 2.98. The standard InChI is InChI=1S/C19H18ClN3OS2/c1-11-6-8-13(9-7-11)10-25-19-23-17(21)16(26-19)18(24)22-15-12(2)4-3-5-14(15)20/h3-9H,10,21H2,1-2H3,(H,22,24). The molecule has 3 N–H and O–H groups in total. The van der Waals surface area contributed by atoms with Crippen LogP contribution in [0, 0.1) is 13.8 Å². The Labute approximate surface area is 165 Å². The largest absolute Gasteiger partial charge is 0.382 e. The van der Waals surface area contributed by atoms with E-state index in [1.54, 1.807) is 17.8 Å². The monoisotopic (exact) mass is 403 g/mol. The van der Waals surface area contributed by atoms with Crippen LogP contribution in [0.25, 0.3) is 0 Å². The van der Waals surface area contributed by atoms with Gasteiger partial charge in [-0.15, -0.1) is 11.3 Å². The van der Waals surface area contributed by atoms with Crippen LogP contribution in [0.5, 0.6) is 0 Å². The SMILES string of the molecule is Cc1ccc(CSc2nc(N)c(C(=O)Nc3c(C)cccc3Cl)s2)cc1. The quantitative estimate of drug-likeness (QED) is 0.549. The van der Waals surface area contributed by atoms with E-state index in [2.05, 4.69) is 41.5 Å². The summed E-state index contributed by atoms with van der Waals surface area (Å²) in [5.41, 5.74) is 9.87. The number of para-hydroxylation sites is 1. The molecule has 4 nitrogen and oxygen atoms in total. The van der Waals surface area contributed by atoms with Crippen LogP contribution in [0.3, 0.4) is 0 Å². The third kappa shape index (κ3) is 4.38. The Morgan fingerprint density at radius 1 is 1.23 bits per heavy atom. The number of nitrogens with two attached hydrogens (primary N) is 1. The molecule has 0 fully saturated rings. The summed E-state index contributed by atoms with van der Waals surface area (Å²) >= 11 is 9.03. The highest BCUT2D eigenvalue weighted by Gasteiger charge is 2.18. The molecule has 0 bridgehead atoms. The highest BCUT2D eigenvalue weighted by atomic mass is 35.5. The van der Waals surface area contributed by atoms with Crippen LogP contribution in [-0.2, 0) is 5.75 Å². The number of thiazole rings is 1.